The van der Waals surface area contributed by atoms with Gasteiger partial charge < -0.3 is 10.6 Å². The van der Waals surface area contributed by atoms with E-state index in [4.69, 9.17) is 0 Å². The molecule has 1 heterocycles. The van der Waals surface area contributed by atoms with Crippen LogP contribution in [0.2, 0.25) is 0 Å². The molecule has 4 heteroatoms. The van der Waals surface area contributed by atoms with Crippen LogP contribution in [0.15, 0.2) is 66.7 Å². The molecule has 0 spiro atoms. The molecule has 22 heavy (non-hydrogen) atoms. The minimum Gasteiger partial charge on any atom is -0.334 e. The topological polar surface area (TPSA) is 54.0 Å². The summed E-state index contributed by atoms with van der Waals surface area (Å²) in [4.78, 5) is 16.3. The molecule has 2 N–H and O–H groups in total. The Morgan fingerprint density at radius 3 is 2.41 bits per heavy atom. The number of nitrogens with zero attached hydrogens (tertiary/aromatic N) is 1. The van der Waals surface area contributed by atoms with Gasteiger partial charge in [-0.2, -0.15) is 0 Å². The van der Waals surface area contributed by atoms with Gasteiger partial charge in [-0.25, -0.2) is 4.79 Å². The summed E-state index contributed by atoms with van der Waals surface area (Å²) in [5.74, 6) is 0. The highest BCUT2D eigenvalue weighted by atomic mass is 16.2. The number of aromatic nitrogens is 1. The summed E-state index contributed by atoms with van der Waals surface area (Å²) in [7, 11) is 0. The highest BCUT2D eigenvalue weighted by Gasteiger charge is 2.02. The number of hydrogen-bond donors (Lipinski definition) is 2. The summed E-state index contributed by atoms with van der Waals surface area (Å²) in [5, 5.41) is 6.75. The minimum absolute atomic E-state index is 0.196. The number of hydrogen-bond acceptors (Lipinski definition) is 2. The Bertz CT molecular complexity index is 771. The second-order valence-corrected chi connectivity index (χ2v) is 5.02. The number of rotatable bonds is 4. The lowest BCUT2D eigenvalue weighted by atomic mass is 10.2. The molecule has 4 nitrogen and oxygen atoms in total. The Labute approximate surface area is 129 Å². The maximum atomic E-state index is 11.8. The zero-order valence-electron chi connectivity index (χ0n) is 12.1. The molecular formula is C18H17N3O. The van der Waals surface area contributed by atoms with E-state index in [0.29, 0.717) is 13.1 Å². The van der Waals surface area contributed by atoms with Crippen molar-refractivity contribution in [3.63, 3.8) is 0 Å². The maximum Gasteiger partial charge on any atom is 0.315 e. The molecule has 0 radical (unpaired) electrons. The molecule has 0 saturated carbocycles. The van der Waals surface area contributed by atoms with Gasteiger partial charge in [0.15, 0.2) is 0 Å². The highest BCUT2D eigenvalue weighted by Crippen LogP contribution is 2.11. The van der Waals surface area contributed by atoms with Crippen molar-refractivity contribution in [2.24, 2.45) is 0 Å². The summed E-state index contributed by atoms with van der Waals surface area (Å²) in [6.45, 7) is 0.920. The number of para-hydroxylation sites is 1. The molecule has 1 aromatic heterocycles. The van der Waals surface area contributed by atoms with Crippen molar-refractivity contribution in [3.8, 4) is 0 Å². The number of carbonyl (C=O) groups excluding carboxylic acids is 1. The predicted octanol–water partition coefficient (Wildman–Crippen LogP) is 3.23. The van der Waals surface area contributed by atoms with E-state index in [0.717, 1.165) is 22.2 Å². The minimum atomic E-state index is -0.196. The van der Waals surface area contributed by atoms with Crippen molar-refractivity contribution in [1.82, 2.24) is 15.6 Å². The number of nitrogens with one attached hydrogen (secondary N) is 2. The number of amides is 2. The normalized spacial score (nSPS) is 10.4. The second-order valence-electron chi connectivity index (χ2n) is 5.02. The largest absolute Gasteiger partial charge is 0.334 e. The van der Waals surface area contributed by atoms with Gasteiger partial charge in [-0.3, -0.25) is 4.98 Å². The fraction of sp³-hybridized carbons (Fsp3) is 0.111. The van der Waals surface area contributed by atoms with E-state index in [9.17, 15) is 4.79 Å². The van der Waals surface area contributed by atoms with Gasteiger partial charge in [0.2, 0.25) is 0 Å². The molecule has 0 aliphatic carbocycles. The third-order valence-electron chi connectivity index (χ3n) is 3.38. The van der Waals surface area contributed by atoms with Gasteiger partial charge in [0, 0.05) is 11.9 Å². The fourth-order valence-corrected chi connectivity index (χ4v) is 2.22. The number of benzene rings is 2. The Balaban J connectivity index is 1.53. The first-order chi connectivity index (χ1) is 10.8. The van der Waals surface area contributed by atoms with Crippen LogP contribution in [0, 0.1) is 0 Å². The van der Waals surface area contributed by atoms with E-state index in [1.54, 1.807) is 0 Å². The van der Waals surface area contributed by atoms with Crippen LogP contribution in [-0.4, -0.2) is 11.0 Å². The molecule has 0 aliphatic rings. The molecule has 0 atom stereocenters. The molecule has 3 rings (SSSR count). The molecule has 0 unspecified atom stereocenters. The van der Waals surface area contributed by atoms with Gasteiger partial charge in [0.25, 0.3) is 0 Å². The second kappa shape index (κ2) is 6.72. The summed E-state index contributed by atoms with van der Waals surface area (Å²) >= 11 is 0. The van der Waals surface area contributed by atoms with Crippen LogP contribution in [0.3, 0.4) is 0 Å². The van der Waals surface area contributed by atoms with Crippen molar-refractivity contribution >= 4 is 16.9 Å². The summed E-state index contributed by atoms with van der Waals surface area (Å²) in [5.41, 5.74) is 2.85. The maximum absolute atomic E-state index is 11.8. The van der Waals surface area contributed by atoms with Crippen LogP contribution in [0.5, 0.6) is 0 Å². The SMILES string of the molecule is O=C(NCc1ccccc1)NCc1ccc2ccccc2n1. The molecule has 2 aromatic carbocycles. The van der Waals surface area contributed by atoms with Crippen molar-refractivity contribution < 1.29 is 4.79 Å². The first-order valence-corrected chi connectivity index (χ1v) is 7.21. The van der Waals surface area contributed by atoms with Crippen molar-refractivity contribution in [2.75, 3.05) is 0 Å². The first kappa shape index (κ1) is 14.1. The molecule has 0 fully saturated rings. The first-order valence-electron chi connectivity index (χ1n) is 7.21. The Kier molecular flexibility index (Phi) is 4.30. The Morgan fingerprint density at radius 2 is 1.55 bits per heavy atom. The van der Waals surface area contributed by atoms with Gasteiger partial charge in [-0.1, -0.05) is 54.6 Å². The molecular weight excluding hydrogens is 274 g/mol. The van der Waals surface area contributed by atoms with Gasteiger partial charge in [-0.15, -0.1) is 0 Å². The zero-order chi connectivity index (χ0) is 15.2. The predicted molar refractivity (Wildman–Crippen MR) is 87.3 cm³/mol. The summed E-state index contributed by atoms with van der Waals surface area (Å²) < 4.78 is 0. The smallest absolute Gasteiger partial charge is 0.315 e. The molecule has 0 bridgehead atoms. The molecule has 110 valence electrons. The summed E-state index contributed by atoms with van der Waals surface area (Å²) in [6, 6.07) is 21.5. The molecule has 3 aromatic rings. The molecule has 0 aliphatic heterocycles. The van der Waals surface area contributed by atoms with Gasteiger partial charge in [0.05, 0.1) is 17.8 Å². The Hall–Kier alpha value is -2.88. The van der Waals surface area contributed by atoms with E-state index in [-0.39, 0.29) is 6.03 Å². The van der Waals surface area contributed by atoms with Gasteiger partial charge in [0.1, 0.15) is 0 Å². The van der Waals surface area contributed by atoms with Crippen LogP contribution in [0.1, 0.15) is 11.3 Å². The number of urea groups is 1. The molecule has 0 saturated heterocycles. The third kappa shape index (κ3) is 3.61. The van der Waals surface area contributed by atoms with Crippen LogP contribution < -0.4 is 10.6 Å². The lowest BCUT2D eigenvalue weighted by Gasteiger charge is -2.08. The van der Waals surface area contributed by atoms with E-state index >= 15 is 0 Å². The monoisotopic (exact) mass is 291 g/mol. The number of carbonyl (C=O) groups is 1. The van der Waals surface area contributed by atoms with E-state index in [2.05, 4.69) is 15.6 Å². The van der Waals surface area contributed by atoms with Crippen molar-refractivity contribution in [3.05, 3.63) is 78.0 Å². The lowest BCUT2D eigenvalue weighted by molar-refractivity contribution is 0.240. The highest BCUT2D eigenvalue weighted by molar-refractivity contribution is 5.78. The van der Waals surface area contributed by atoms with Crippen LogP contribution in [0.4, 0.5) is 4.79 Å². The van der Waals surface area contributed by atoms with Gasteiger partial charge >= 0.3 is 6.03 Å². The zero-order valence-corrected chi connectivity index (χ0v) is 12.1. The lowest BCUT2D eigenvalue weighted by Crippen LogP contribution is -2.34. The van der Waals surface area contributed by atoms with Crippen LogP contribution in [0.25, 0.3) is 10.9 Å². The average Bonchev–Trinajstić information content (AvgIpc) is 2.59. The van der Waals surface area contributed by atoms with Gasteiger partial charge in [-0.05, 0) is 17.7 Å². The number of fused-ring (bicyclic) bond motifs is 1. The van der Waals surface area contributed by atoms with E-state index in [1.807, 2.05) is 66.7 Å². The fourth-order valence-electron chi connectivity index (χ4n) is 2.22. The Morgan fingerprint density at radius 1 is 0.818 bits per heavy atom. The van der Waals surface area contributed by atoms with Crippen LogP contribution >= 0.6 is 0 Å². The average molecular weight is 291 g/mol. The summed E-state index contributed by atoms with van der Waals surface area (Å²) in [6.07, 6.45) is 0. The van der Waals surface area contributed by atoms with E-state index in [1.165, 1.54) is 0 Å². The standard InChI is InChI=1S/C18H17N3O/c22-18(19-12-14-6-2-1-3-7-14)20-13-16-11-10-15-8-4-5-9-17(15)21-16/h1-11H,12-13H2,(H2,19,20,22). The molecule has 2 amide bonds. The van der Waals surface area contributed by atoms with Crippen LogP contribution in [-0.2, 0) is 13.1 Å². The van der Waals surface area contributed by atoms with E-state index < -0.39 is 0 Å². The van der Waals surface area contributed by atoms with Crippen molar-refractivity contribution in [2.45, 2.75) is 13.1 Å². The number of pyridine rings is 1. The third-order valence-corrected chi connectivity index (χ3v) is 3.38. The quantitative estimate of drug-likeness (QED) is 0.775. The van der Waals surface area contributed by atoms with Crippen molar-refractivity contribution in [1.29, 1.82) is 0 Å².